The van der Waals surface area contributed by atoms with Gasteiger partial charge in [-0.15, -0.1) is 0 Å². The molecule has 1 fully saturated rings. The highest BCUT2D eigenvalue weighted by molar-refractivity contribution is 5.76. The second-order valence-corrected chi connectivity index (χ2v) is 5.53. The lowest BCUT2D eigenvalue weighted by Crippen LogP contribution is -2.46. The zero-order chi connectivity index (χ0) is 12.9. The van der Waals surface area contributed by atoms with E-state index >= 15 is 0 Å². The maximum absolute atomic E-state index is 11.5. The van der Waals surface area contributed by atoms with Crippen LogP contribution in [0.25, 0.3) is 0 Å². The lowest BCUT2D eigenvalue weighted by Gasteiger charge is -2.35. The van der Waals surface area contributed by atoms with Crippen LogP contribution in [0.5, 0.6) is 0 Å². The van der Waals surface area contributed by atoms with E-state index in [1.807, 2.05) is 0 Å². The fourth-order valence-corrected chi connectivity index (χ4v) is 2.43. The van der Waals surface area contributed by atoms with E-state index in [1.54, 1.807) is 6.92 Å². The Hall–Kier alpha value is -0.610. The fourth-order valence-electron chi connectivity index (χ4n) is 2.43. The van der Waals surface area contributed by atoms with Gasteiger partial charge in [0, 0.05) is 19.0 Å². The van der Waals surface area contributed by atoms with Gasteiger partial charge in [-0.3, -0.25) is 4.79 Å². The summed E-state index contributed by atoms with van der Waals surface area (Å²) in [4.78, 5) is 11.5. The van der Waals surface area contributed by atoms with Crippen molar-refractivity contribution in [3.63, 3.8) is 0 Å². The highest BCUT2D eigenvalue weighted by atomic mass is 16.3. The van der Waals surface area contributed by atoms with Crippen LogP contribution in [0.2, 0.25) is 0 Å². The van der Waals surface area contributed by atoms with Crippen LogP contribution in [0.3, 0.4) is 0 Å². The molecule has 0 aromatic heterocycles. The lowest BCUT2D eigenvalue weighted by molar-refractivity contribution is -0.123. The Morgan fingerprint density at radius 2 is 2.12 bits per heavy atom. The zero-order valence-corrected chi connectivity index (χ0v) is 11.0. The number of carbonyl (C=O) groups is 1. The first-order valence-corrected chi connectivity index (χ1v) is 6.70. The van der Waals surface area contributed by atoms with Crippen LogP contribution in [0.1, 0.15) is 52.4 Å². The van der Waals surface area contributed by atoms with Gasteiger partial charge in [-0.2, -0.15) is 0 Å². The molecule has 0 saturated heterocycles. The second-order valence-electron chi connectivity index (χ2n) is 5.53. The molecule has 4 heteroatoms. The van der Waals surface area contributed by atoms with Gasteiger partial charge in [0.2, 0.25) is 5.91 Å². The summed E-state index contributed by atoms with van der Waals surface area (Å²) in [5.41, 5.74) is 4.85. The standard InChI is InChI=1S/C13H26N2O2/c1-3-11-4-6-13(17,7-5-11)9-15-12(16)8-10(2)14/h10-11,17H,3-9,14H2,1-2H3,(H,15,16). The Kier molecular flexibility index (Phi) is 5.40. The average molecular weight is 242 g/mol. The summed E-state index contributed by atoms with van der Waals surface area (Å²) in [6.45, 7) is 4.37. The van der Waals surface area contributed by atoms with Crippen molar-refractivity contribution >= 4 is 5.91 Å². The minimum Gasteiger partial charge on any atom is -0.388 e. The van der Waals surface area contributed by atoms with Crippen molar-refractivity contribution in [1.29, 1.82) is 0 Å². The van der Waals surface area contributed by atoms with Crippen molar-refractivity contribution in [2.75, 3.05) is 6.54 Å². The molecule has 0 bridgehead atoms. The number of carbonyl (C=O) groups excluding carboxylic acids is 1. The first kappa shape index (κ1) is 14.5. The second kappa shape index (κ2) is 6.36. The van der Waals surface area contributed by atoms with Gasteiger partial charge >= 0.3 is 0 Å². The molecule has 17 heavy (non-hydrogen) atoms. The SMILES string of the molecule is CCC1CCC(O)(CNC(=O)CC(C)N)CC1. The van der Waals surface area contributed by atoms with Gasteiger partial charge in [-0.05, 0) is 38.5 Å². The van der Waals surface area contributed by atoms with Gasteiger partial charge in [-0.25, -0.2) is 0 Å². The summed E-state index contributed by atoms with van der Waals surface area (Å²) >= 11 is 0. The van der Waals surface area contributed by atoms with E-state index in [1.165, 1.54) is 6.42 Å². The summed E-state index contributed by atoms with van der Waals surface area (Å²) in [7, 11) is 0. The number of nitrogens with one attached hydrogen (secondary N) is 1. The number of hydrogen-bond donors (Lipinski definition) is 3. The smallest absolute Gasteiger partial charge is 0.221 e. The summed E-state index contributed by atoms with van der Waals surface area (Å²) < 4.78 is 0. The van der Waals surface area contributed by atoms with E-state index in [0.717, 1.165) is 31.6 Å². The van der Waals surface area contributed by atoms with Crippen molar-refractivity contribution in [2.45, 2.75) is 64.0 Å². The molecular weight excluding hydrogens is 216 g/mol. The number of aliphatic hydroxyl groups is 1. The van der Waals surface area contributed by atoms with Gasteiger partial charge in [0.25, 0.3) is 0 Å². The van der Waals surface area contributed by atoms with Gasteiger partial charge in [0.15, 0.2) is 0 Å². The molecule has 0 aromatic carbocycles. The first-order chi connectivity index (χ1) is 7.95. The van der Waals surface area contributed by atoms with Gasteiger partial charge in [0.05, 0.1) is 5.60 Å². The van der Waals surface area contributed by atoms with Crippen LogP contribution < -0.4 is 11.1 Å². The molecule has 1 aliphatic rings. The third-order valence-corrected chi connectivity index (χ3v) is 3.74. The molecule has 0 radical (unpaired) electrons. The van der Waals surface area contributed by atoms with Crippen LogP contribution in [0, 0.1) is 5.92 Å². The average Bonchev–Trinajstić information content (AvgIpc) is 2.27. The quantitative estimate of drug-likeness (QED) is 0.677. The van der Waals surface area contributed by atoms with Crippen molar-refractivity contribution in [2.24, 2.45) is 11.7 Å². The van der Waals surface area contributed by atoms with E-state index < -0.39 is 5.60 Å². The van der Waals surface area contributed by atoms with E-state index in [-0.39, 0.29) is 11.9 Å². The number of hydrogen-bond acceptors (Lipinski definition) is 3. The Morgan fingerprint density at radius 3 is 2.59 bits per heavy atom. The molecule has 4 N–H and O–H groups in total. The summed E-state index contributed by atoms with van der Waals surface area (Å²) in [6.07, 6.45) is 5.24. The Labute approximate surface area is 104 Å². The van der Waals surface area contributed by atoms with Crippen molar-refractivity contribution in [3.05, 3.63) is 0 Å². The fraction of sp³-hybridized carbons (Fsp3) is 0.923. The third-order valence-electron chi connectivity index (χ3n) is 3.74. The molecule has 0 spiro atoms. The number of amides is 1. The van der Waals surface area contributed by atoms with Crippen LogP contribution in [-0.4, -0.2) is 29.2 Å². The maximum Gasteiger partial charge on any atom is 0.221 e. The largest absolute Gasteiger partial charge is 0.388 e. The van der Waals surface area contributed by atoms with Crippen LogP contribution in [0.15, 0.2) is 0 Å². The molecule has 1 atom stereocenters. The molecule has 0 aliphatic heterocycles. The maximum atomic E-state index is 11.5. The predicted octanol–water partition coefficient (Wildman–Crippen LogP) is 1.17. The third kappa shape index (κ3) is 5.04. The molecule has 4 nitrogen and oxygen atoms in total. The van der Waals surface area contributed by atoms with Crippen molar-refractivity contribution < 1.29 is 9.90 Å². The molecule has 1 saturated carbocycles. The molecule has 100 valence electrons. The normalized spacial score (nSPS) is 30.9. The van der Waals surface area contributed by atoms with Crippen LogP contribution >= 0.6 is 0 Å². The highest BCUT2D eigenvalue weighted by Crippen LogP contribution is 2.33. The van der Waals surface area contributed by atoms with E-state index in [0.29, 0.717) is 13.0 Å². The molecule has 0 aromatic rings. The molecule has 1 unspecified atom stereocenters. The first-order valence-electron chi connectivity index (χ1n) is 6.70. The van der Waals surface area contributed by atoms with Crippen LogP contribution in [-0.2, 0) is 4.79 Å². The molecule has 1 rings (SSSR count). The number of nitrogens with two attached hydrogens (primary N) is 1. The highest BCUT2D eigenvalue weighted by Gasteiger charge is 2.32. The summed E-state index contributed by atoms with van der Waals surface area (Å²) in [6, 6.07) is -0.125. The molecule has 0 heterocycles. The zero-order valence-electron chi connectivity index (χ0n) is 11.0. The number of rotatable bonds is 5. The summed E-state index contributed by atoms with van der Waals surface area (Å²) in [5.74, 6) is 0.682. The van der Waals surface area contributed by atoms with Crippen LogP contribution in [0.4, 0.5) is 0 Å². The van der Waals surface area contributed by atoms with E-state index in [9.17, 15) is 9.90 Å². The molecular formula is C13H26N2O2. The Bertz CT molecular complexity index is 246. The Balaban J connectivity index is 2.29. The minimum atomic E-state index is -0.695. The predicted molar refractivity (Wildman–Crippen MR) is 68.5 cm³/mol. The monoisotopic (exact) mass is 242 g/mol. The topological polar surface area (TPSA) is 75.3 Å². The van der Waals surface area contributed by atoms with E-state index in [4.69, 9.17) is 5.73 Å². The molecule has 1 amide bonds. The Morgan fingerprint density at radius 1 is 1.53 bits per heavy atom. The molecule has 1 aliphatic carbocycles. The lowest BCUT2D eigenvalue weighted by atomic mass is 9.78. The van der Waals surface area contributed by atoms with Gasteiger partial charge in [-0.1, -0.05) is 13.3 Å². The minimum absolute atomic E-state index is 0.0639. The van der Waals surface area contributed by atoms with Gasteiger partial charge in [0.1, 0.15) is 0 Å². The van der Waals surface area contributed by atoms with Crippen molar-refractivity contribution in [3.8, 4) is 0 Å². The van der Waals surface area contributed by atoms with E-state index in [2.05, 4.69) is 12.2 Å². The summed E-state index contributed by atoms with van der Waals surface area (Å²) in [5, 5.41) is 13.1. The van der Waals surface area contributed by atoms with Crippen molar-refractivity contribution in [1.82, 2.24) is 5.32 Å². The van der Waals surface area contributed by atoms with Gasteiger partial charge < -0.3 is 16.2 Å².